The molecule has 30 heavy (non-hydrogen) atoms. The molecule has 2 aromatic carbocycles. The Morgan fingerprint density at radius 3 is 2.53 bits per heavy atom. The monoisotopic (exact) mass is 406 g/mol. The van der Waals surface area contributed by atoms with Crippen LogP contribution in [-0.4, -0.2) is 33.8 Å². The van der Waals surface area contributed by atoms with Crippen LogP contribution >= 0.6 is 0 Å². The van der Waals surface area contributed by atoms with E-state index in [0.29, 0.717) is 19.0 Å². The standard InChI is InChI=1S/C24H27FN4O/c1-17-23(18(2)29(27-17)22-9-4-3-5-10-22)26-24(30)28-13-11-19(12-14-28)15-20-7-6-8-21(25)16-20/h3-10,16,19H,11-15H2,1-2H3,(H,26,30). The van der Waals surface area contributed by atoms with Crippen LogP contribution in [-0.2, 0) is 6.42 Å². The van der Waals surface area contributed by atoms with Gasteiger partial charge in [-0.2, -0.15) is 5.10 Å². The Morgan fingerprint density at radius 1 is 1.10 bits per heavy atom. The van der Waals surface area contributed by atoms with Crippen molar-refractivity contribution in [1.29, 1.82) is 0 Å². The quantitative estimate of drug-likeness (QED) is 0.654. The van der Waals surface area contributed by atoms with Gasteiger partial charge in [0.25, 0.3) is 0 Å². The Labute approximate surface area is 176 Å². The third-order valence-electron chi connectivity index (χ3n) is 5.84. The Bertz CT molecular complexity index is 1020. The van der Waals surface area contributed by atoms with Gasteiger partial charge in [-0.15, -0.1) is 0 Å². The number of carbonyl (C=O) groups excluding carboxylic acids is 1. The number of nitrogens with zero attached hydrogens (tertiary/aromatic N) is 3. The normalized spacial score (nSPS) is 14.7. The molecule has 1 fully saturated rings. The number of hydrogen-bond donors (Lipinski definition) is 1. The van der Waals surface area contributed by atoms with Crippen LogP contribution in [0, 0.1) is 25.6 Å². The Morgan fingerprint density at radius 2 is 1.83 bits per heavy atom. The third-order valence-corrected chi connectivity index (χ3v) is 5.84. The molecule has 156 valence electrons. The van der Waals surface area contributed by atoms with Crippen molar-refractivity contribution in [3.8, 4) is 5.69 Å². The number of para-hydroxylation sites is 1. The molecule has 5 nitrogen and oxygen atoms in total. The molecule has 3 aromatic rings. The van der Waals surface area contributed by atoms with Crippen LogP contribution in [0.2, 0.25) is 0 Å². The van der Waals surface area contributed by atoms with E-state index in [-0.39, 0.29) is 11.8 Å². The molecule has 1 aromatic heterocycles. The first-order valence-corrected chi connectivity index (χ1v) is 10.4. The number of nitrogens with one attached hydrogen (secondary N) is 1. The molecule has 2 amide bonds. The van der Waals surface area contributed by atoms with Gasteiger partial charge >= 0.3 is 6.03 Å². The zero-order chi connectivity index (χ0) is 21.1. The van der Waals surface area contributed by atoms with Crippen molar-refractivity contribution in [3.63, 3.8) is 0 Å². The number of aryl methyl sites for hydroxylation is 1. The highest BCUT2D eigenvalue weighted by Gasteiger charge is 2.24. The smallest absolute Gasteiger partial charge is 0.321 e. The summed E-state index contributed by atoms with van der Waals surface area (Å²) in [5, 5.41) is 7.66. The van der Waals surface area contributed by atoms with Crippen LogP contribution in [0.25, 0.3) is 5.69 Å². The maximum absolute atomic E-state index is 13.4. The molecule has 4 rings (SSSR count). The fourth-order valence-corrected chi connectivity index (χ4v) is 4.17. The van der Waals surface area contributed by atoms with E-state index in [0.717, 1.165) is 47.6 Å². The van der Waals surface area contributed by atoms with Crippen LogP contribution in [0.3, 0.4) is 0 Å². The lowest BCUT2D eigenvalue weighted by Gasteiger charge is -2.32. The van der Waals surface area contributed by atoms with E-state index in [1.54, 1.807) is 12.1 Å². The van der Waals surface area contributed by atoms with E-state index >= 15 is 0 Å². The van der Waals surface area contributed by atoms with E-state index in [9.17, 15) is 9.18 Å². The van der Waals surface area contributed by atoms with Crippen molar-refractivity contribution in [2.75, 3.05) is 18.4 Å². The summed E-state index contributed by atoms with van der Waals surface area (Å²) in [4.78, 5) is 14.7. The number of urea groups is 1. The van der Waals surface area contributed by atoms with E-state index in [1.165, 1.54) is 6.07 Å². The topological polar surface area (TPSA) is 50.2 Å². The Balaban J connectivity index is 1.37. The summed E-state index contributed by atoms with van der Waals surface area (Å²) in [6, 6.07) is 16.6. The highest BCUT2D eigenvalue weighted by Crippen LogP contribution is 2.25. The van der Waals surface area contributed by atoms with Gasteiger partial charge in [-0.25, -0.2) is 13.9 Å². The van der Waals surface area contributed by atoms with Crippen molar-refractivity contribution in [3.05, 3.63) is 77.4 Å². The fraction of sp³-hybridized carbons (Fsp3) is 0.333. The van der Waals surface area contributed by atoms with Gasteiger partial charge in [0.15, 0.2) is 0 Å². The van der Waals surface area contributed by atoms with E-state index in [1.807, 2.05) is 59.8 Å². The second kappa shape index (κ2) is 8.69. The molecule has 0 radical (unpaired) electrons. The Hall–Kier alpha value is -3.15. The fourth-order valence-electron chi connectivity index (χ4n) is 4.17. The molecular formula is C24H27FN4O. The first kappa shape index (κ1) is 20.1. The molecule has 1 aliphatic rings. The number of halogens is 1. The molecule has 0 spiro atoms. The summed E-state index contributed by atoms with van der Waals surface area (Å²) in [6.45, 7) is 5.29. The van der Waals surface area contributed by atoms with Crippen LogP contribution in [0.4, 0.5) is 14.9 Å². The largest absolute Gasteiger partial charge is 0.325 e. The van der Waals surface area contributed by atoms with Gasteiger partial charge in [0.1, 0.15) is 5.82 Å². The summed E-state index contributed by atoms with van der Waals surface area (Å²) in [5.74, 6) is 0.284. The SMILES string of the molecule is Cc1nn(-c2ccccc2)c(C)c1NC(=O)N1CCC(Cc2cccc(F)c2)CC1. The molecule has 0 unspecified atom stereocenters. The number of benzene rings is 2. The summed E-state index contributed by atoms with van der Waals surface area (Å²) in [7, 11) is 0. The van der Waals surface area contributed by atoms with Crippen molar-refractivity contribution in [2.24, 2.45) is 5.92 Å². The molecule has 1 aliphatic heterocycles. The number of amides is 2. The second-order valence-electron chi connectivity index (χ2n) is 7.99. The zero-order valence-electron chi connectivity index (χ0n) is 17.4. The highest BCUT2D eigenvalue weighted by atomic mass is 19.1. The number of likely N-dealkylation sites (tertiary alicyclic amines) is 1. The lowest BCUT2D eigenvalue weighted by atomic mass is 9.90. The van der Waals surface area contributed by atoms with E-state index in [2.05, 4.69) is 10.4 Å². The van der Waals surface area contributed by atoms with Gasteiger partial charge in [0.2, 0.25) is 0 Å². The number of piperidine rings is 1. The molecule has 2 heterocycles. The van der Waals surface area contributed by atoms with E-state index in [4.69, 9.17) is 0 Å². The number of hydrogen-bond acceptors (Lipinski definition) is 2. The summed E-state index contributed by atoms with van der Waals surface area (Å²) < 4.78 is 15.3. The molecular weight excluding hydrogens is 379 g/mol. The highest BCUT2D eigenvalue weighted by molar-refractivity contribution is 5.90. The van der Waals surface area contributed by atoms with Crippen LogP contribution < -0.4 is 5.32 Å². The lowest BCUT2D eigenvalue weighted by molar-refractivity contribution is 0.182. The van der Waals surface area contributed by atoms with Crippen molar-refractivity contribution < 1.29 is 9.18 Å². The minimum atomic E-state index is -0.189. The predicted molar refractivity (Wildman–Crippen MR) is 116 cm³/mol. The first-order valence-electron chi connectivity index (χ1n) is 10.4. The molecule has 0 atom stereocenters. The second-order valence-corrected chi connectivity index (χ2v) is 7.99. The lowest BCUT2D eigenvalue weighted by Crippen LogP contribution is -2.41. The number of anilines is 1. The van der Waals surface area contributed by atoms with Gasteiger partial charge in [0, 0.05) is 13.1 Å². The number of carbonyl (C=O) groups is 1. The molecule has 1 N–H and O–H groups in total. The maximum atomic E-state index is 13.4. The van der Waals surface area contributed by atoms with Crippen molar-refractivity contribution in [1.82, 2.24) is 14.7 Å². The van der Waals surface area contributed by atoms with Crippen LogP contribution in [0.15, 0.2) is 54.6 Å². The molecule has 0 bridgehead atoms. The van der Waals surface area contributed by atoms with Gasteiger partial charge in [-0.3, -0.25) is 0 Å². The van der Waals surface area contributed by atoms with Gasteiger partial charge in [-0.05, 0) is 68.9 Å². The number of aromatic nitrogens is 2. The van der Waals surface area contributed by atoms with Gasteiger partial charge in [-0.1, -0.05) is 30.3 Å². The Kier molecular flexibility index (Phi) is 5.84. The molecule has 0 saturated carbocycles. The van der Waals surface area contributed by atoms with E-state index < -0.39 is 0 Å². The average Bonchev–Trinajstić information content (AvgIpc) is 3.03. The average molecular weight is 407 g/mol. The minimum Gasteiger partial charge on any atom is -0.325 e. The molecule has 0 aliphatic carbocycles. The maximum Gasteiger partial charge on any atom is 0.321 e. The van der Waals surface area contributed by atoms with Crippen molar-refractivity contribution >= 4 is 11.7 Å². The minimum absolute atomic E-state index is 0.0852. The summed E-state index contributed by atoms with van der Waals surface area (Å²) in [6.07, 6.45) is 2.70. The van der Waals surface area contributed by atoms with Crippen LogP contribution in [0.1, 0.15) is 29.8 Å². The molecule has 6 heteroatoms. The predicted octanol–water partition coefficient (Wildman–Crippen LogP) is 5.11. The third kappa shape index (κ3) is 4.37. The summed E-state index contributed by atoms with van der Waals surface area (Å²) >= 11 is 0. The summed E-state index contributed by atoms with van der Waals surface area (Å²) in [5.41, 5.74) is 4.47. The zero-order valence-corrected chi connectivity index (χ0v) is 17.4. The number of rotatable bonds is 4. The van der Waals surface area contributed by atoms with Crippen molar-refractivity contribution in [2.45, 2.75) is 33.1 Å². The van der Waals surface area contributed by atoms with Gasteiger partial charge in [0.05, 0.1) is 22.8 Å². The van der Waals surface area contributed by atoms with Crippen LogP contribution in [0.5, 0.6) is 0 Å². The van der Waals surface area contributed by atoms with Gasteiger partial charge < -0.3 is 10.2 Å². The molecule has 1 saturated heterocycles. The first-order chi connectivity index (χ1) is 14.5.